The van der Waals surface area contributed by atoms with Crippen molar-refractivity contribution in [3.8, 4) is 0 Å². The Morgan fingerprint density at radius 1 is 0.931 bits per heavy atom. The Bertz CT molecular complexity index is 2330. The summed E-state index contributed by atoms with van der Waals surface area (Å²) in [6.45, 7) is 8.47. The number of allylic oxidation sites excluding steroid dienone is 6. The van der Waals surface area contributed by atoms with Crippen LogP contribution in [0.15, 0.2) is 76.4 Å². The van der Waals surface area contributed by atoms with Gasteiger partial charge in [-0.3, -0.25) is 28.3 Å². The molecule has 0 atom stereocenters. The van der Waals surface area contributed by atoms with Gasteiger partial charge in [-0.15, -0.1) is 5.06 Å². The highest BCUT2D eigenvalue weighted by Crippen LogP contribution is 2.48. The van der Waals surface area contributed by atoms with E-state index in [2.05, 4.69) is 10.4 Å². The topological polar surface area (TPSA) is 230 Å². The third kappa shape index (κ3) is 9.95. The summed E-state index contributed by atoms with van der Waals surface area (Å²) in [5.74, 6) is -2.17. The Labute approximate surface area is 337 Å². The number of rotatable bonds is 17. The summed E-state index contributed by atoms with van der Waals surface area (Å²) < 4.78 is 67.6. The number of imide groups is 1. The summed E-state index contributed by atoms with van der Waals surface area (Å²) in [5.41, 5.74) is 4.94. The van der Waals surface area contributed by atoms with E-state index in [1.807, 2.05) is 58.1 Å². The van der Waals surface area contributed by atoms with Crippen molar-refractivity contribution in [1.29, 1.82) is 0 Å². The van der Waals surface area contributed by atoms with Gasteiger partial charge in [-0.25, -0.2) is 14.8 Å². The van der Waals surface area contributed by atoms with Gasteiger partial charge in [0.15, 0.2) is 5.71 Å². The van der Waals surface area contributed by atoms with Gasteiger partial charge in [-0.1, -0.05) is 38.5 Å². The second-order valence-corrected chi connectivity index (χ2v) is 18.1. The van der Waals surface area contributed by atoms with E-state index in [9.17, 15) is 45.1 Å². The third-order valence-electron chi connectivity index (χ3n) is 10.3. The molecule has 0 unspecified atom stereocenters. The molecule has 0 saturated carbocycles. The molecule has 0 bridgehead atoms. The average Bonchev–Trinajstić information content (AvgIpc) is 3.67. The lowest BCUT2D eigenvalue weighted by molar-refractivity contribution is -0.684. The van der Waals surface area contributed by atoms with Gasteiger partial charge >= 0.3 is 11.8 Å². The highest BCUT2D eigenvalue weighted by Gasteiger charge is 2.43. The predicted molar refractivity (Wildman–Crippen MR) is 211 cm³/mol. The minimum atomic E-state index is -4.47. The molecule has 3 amide bonds. The van der Waals surface area contributed by atoms with Crippen LogP contribution in [0, 0.1) is 0 Å². The normalized spacial score (nSPS) is 18.1. The number of hydrogen-bond acceptors (Lipinski definition) is 12. The standard InChI is InChI=1S/C39H47N5O12S2/c1-38(2)29-23-26(37(48)41-55-5)25-42(20-12-22-57(49,50)51)36(29)40-31(38)13-8-6-9-14-32-39(3,4)28-24-27(58(52,53)54)16-17-30(28)43(32)21-11-7-10-15-35(47)56-44-33(45)18-19-34(44)46/h6,8-9,13-14,16-17,23-25H,7,10-12,15,18-22H2,1-5H3,(H2-,41,48,49,50,51,52,53,54)/p+1. The maximum absolute atomic E-state index is 12.7. The Morgan fingerprint density at radius 3 is 2.29 bits per heavy atom. The molecule has 5 rings (SSSR count). The van der Waals surface area contributed by atoms with Crippen LogP contribution in [0.2, 0.25) is 0 Å². The Kier molecular flexibility index (Phi) is 13.2. The number of pyridine rings is 1. The molecule has 3 aliphatic rings. The molecule has 3 N–H and O–H groups in total. The SMILES string of the molecule is CONC(=O)c1cc2c([n+](CCCS(=O)(=O)O)c1)N=C(/C=C/C=C/C=C1/N(CCCCCC(=O)ON3C(=O)CCC3=O)c3ccc(S(=O)(=O)O)cc3C1(C)C)C2(C)C. The molecule has 19 heteroatoms. The van der Waals surface area contributed by atoms with Crippen molar-refractivity contribution < 1.29 is 59.4 Å². The molecule has 312 valence electrons. The molecule has 58 heavy (non-hydrogen) atoms. The Morgan fingerprint density at radius 2 is 1.64 bits per heavy atom. The lowest BCUT2D eigenvalue weighted by Crippen LogP contribution is -2.38. The summed E-state index contributed by atoms with van der Waals surface area (Å²) >= 11 is 0. The van der Waals surface area contributed by atoms with E-state index in [1.54, 1.807) is 22.9 Å². The second kappa shape index (κ2) is 17.4. The van der Waals surface area contributed by atoms with Crippen molar-refractivity contribution >= 4 is 61.1 Å². The maximum atomic E-state index is 12.7. The number of hydrogen-bond donors (Lipinski definition) is 3. The van der Waals surface area contributed by atoms with Gasteiger partial charge in [0, 0.05) is 49.0 Å². The highest BCUT2D eigenvalue weighted by molar-refractivity contribution is 7.86. The third-order valence-corrected chi connectivity index (χ3v) is 11.9. The van der Waals surface area contributed by atoms with E-state index in [1.165, 1.54) is 19.2 Å². The molecule has 0 radical (unpaired) electrons. The van der Waals surface area contributed by atoms with Crippen LogP contribution in [-0.2, 0) is 61.7 Å². The van der Waals surface area contributed by atoms with Crippen molar-refractivity contribution in [2.75, 3.05) is 24.3 Å². The molecule has 1 fully saturated rings. The largest absolute Gasteiger partial charge is 0.344 e. The van der Waals surface area contributed by atoms with E-state index in [4.69, 9.17) is 14.7 Å². The number of carbonyl (C=O) groups excluding carboxylic acids is 4. The molecular formula is C39H48N5O12S2+. The molecule has 1 aromatic carbocycles. The number of unbranched alkanes of at least 4 members (excludes halogenated alkanes) is 2. The van der Waals surface area contributed by atoms with Gasteiger partial charge in [0.1, 0.15) is 6.20 Å². The first-order valence-electron chi connectivity index (χ1n) is 18.6. The number of benzene rings is 1. The summed E-state index contributed by atoms with van der Waals surface area (Å²) in [6, 6.07) is 6.18. The molecule has 17 nitrogen and oxygen atoms in total. The summed E-state index contributed by atoms with van der Waals surface area (Å²) in [7, 11) is -7.35. The first-order valence-corrected chi connectivity index (χ1v) is 21.7. The summed E-state index contributed by atoms with van der Waals surface area (Å²) in [6.07, 6.45) is 12.6. The van der Waals surface area contributed by atoms with Gasteiger partial charge in [0.25, 0.3) is 38.0 Å². The van der Waals surface area contributed by atoms with E-state index < -0.39 is 60.5 Å². The van der Waals surface area contributed by atoms with Gasteiger partial charge in [0.05, 0.1) is 40.8 Å². The fourth-order valence-corrected chi connectivity index (χ4v) is 8.16. The predicted octanol–water partition coefficient (Wildman–Crippen LogP) is 4.12. The van der Waals surface area contributed by atoms with Gasteiger partial charge in [-0.05, 0) is 73.7 Å². The lowest BCUT2D eigenvalue weighted by Gasteiger charge is -2.27. The Hall–Kier alpha value is -5.08. The summed E-state index contributed by atoms with van der Waals surface area (Å²) in [5, 5.41) is 0.531. The van der Waals surface area contributed by atoms with Crippen LogP contribution in [0.3, 0.4) is 0 Å². The number of nitrogens with one attached hydrogen (secondary N) is 1. The van der Waals surface area contributed by atoms with Gasteiger partial charge < -0.3 is 9.74 Å². The number of hydroxylamine groups is 3. The zero-order valence-corrected chi connectivity index (χ0v) is 34.6. The molecule has 0 aliphatic carbocycles. The summed E-state index contributed by atoms with van der Waals surface area (Å²) in [4.78, 5) is 65.0. The number of amides is 3. The molecule has 0 spiro atoms. The first-order chi connectivity index (χ1) is 27.1. The van der Waals surface area contributed by atoms with Crippen molar-refractivity contribution in [2.24, 2.45) is 4.99 Å². The van der Waals surface area contributed by atoms with Crippen molar-refractivity contribution in [2.45, 2.75) is 94.9 Å². The fourth-order valence-electron chi connectivity index (χ4n) is 7.16. The second-order valence-electron chi connectivity index (χ2n) is 15.1. The van der Waals surface area contributed by atoms with E-state index in [0.29, 0.717) is 48.0 Å². The molecule has 2 aromatic rings. The zero-order valence-electron chi connectivity index (χ0n) is 32.9. The van der Waals surface area contributed by atoms with Crippen LogP contribution in [0.4, 0.5) is 11.5 Å². The monoisotopic (exact) mass is 842 g/mol. The van der Waals surface area contributed by atoms with Crippen LogP contribution in [0.25, 0.3) is 0 Å². The number of nitrogens with zero attached hydrogens (tertiary/aromatic N) is 4. The highest BCUT2D eigenvalue weighted by atomic mass is 32.2. The van der Waals surface area contributed by atoms with Crippen LogP contribution >= 0.6 is 0 Å². The molecular weight excluding hydrogens is 795 g/mol. The zero-order chi connectivity index (χ0) is 42.6. The molecule has 1 aromatic heterocycles. The van der Waals surface area contributed by atoms with Crippen molar-refractivity contribution in [1.82, 2.24) is 10.5 Å². The number of carbonyl (C=O) groups is 4. The first kappa shape index (κ1) is 44.0. The minimum Gasteiger partial charge on any atom is -0.344 e. The van der Waals surface area contributed by atoms with E-state index in [0.717, 1.165) is 16.9 Å². The number of fused-ring (bicyclic) bond motifs is 2. The van der Waals surface area contributed by atoms with E-state index in [-0.39, 0.29) is 42.7 Å². The average molecular weight is 843 g/mol. The minimum absolute atomic E-state index is 0.0138. The number of aliphatic imine (C=N–C) groups is 1. The van der Waals surface area contributed by atoms with Crippen molar-refractivity contribution in [3.05, 3.63) is 83.2 Å². The molecule has 4 heterocycles. The van der Waals surface area contributed by atoms with Crippen LogP contribution in [-0.4, -0.2) is 79.8 Å². The maximum Gasteiger partial charge on any atom is 0.333 e. The smallest absolute Gasteiger partial charge is 0.333 e. The molecule has 3 aliphatic heterocycles. The van der Waals surface area contributed by atoms with Gasteiger partial charge in [-0.2, -0.15) is 16.8 Å². The van der Waals surface area contributed by atoms with Crippen LogP contribution in [0.1, 0.15) is 94.1 Å². The van der Waals surface area contributed by atoms with E-state index >= 15 is 0 Å². The fraction of sp³-hybridized carbons (Fsp3) is 0.436. The van der Waals surface area contributed by atoms with Gasteiger partial charge in [0.2, 0.25) is 0 Å². The lowest BCUT2D eigenvalue weighted by atomic mass is 9.81. The molecule has 1 saturated heterocycles. The number of aryl methyl sites for hydroxylation is 1. The van der Waals surface area contributed by atoms with Crippen LogP contribution in [0.5, 0.6) is 0 Å². The number of anilines is 1. The van der Waals surface area contributed by atoms with Crippen molar-refractivity contribution in [3.63, 3.8) is 0 Å². The Balaban J connectivity index is 1.34. The van der Waals surface area contributed by atoms with Crippen LogP contribution < -0.4 is 14.9 Å². The number of aromatic nitrogens is 1. The quantitative estimate of drug-likeness (QED) is 0.0509.